The first-order chi connectivity index (χ1) is 9.06. The lowest BCUT2D eigenvalue weighted by molar-refractivity contribution is -0.118. The van der Waals surface area contributed by atoms with Gasteiger partial charge in [-0.3, -0.25) is 4.79 Å². The summed E-state index contributed by atoms with van der Waals surface area (Å²) in [6.07, 6.45) is 2.41. The quantitative estimate of drug-likeness (QED) is 0.661. The van der Waals surface area contributed by atoms with Crippen molar-refractivity contribution in [3.05, 3.63) is 42.5 Å². The lowest BCUT2D eigenvalue weighted by Crippen LogP contribution is -2.23. The van der Waals surface area contributed by atoms with Gasteiger partial charge in [0.05, 0.1) is 0 Å². The number of nitrogens with two attached hydrogens (primary N) is 1. The lowest BCUT2D eigenvalue weighted by atomic mass is 9.80. The molecular weight excluding hydrogens is 464 g/mol. The maximum Gasteiger partial charge on any atom is 0.217 e. The zero-order valence-electron chi connectivity index (χ0n) is 10.2. The average molecular weight is 477 g/mol. The highest BCUT2D eigenvalue weighted by Gasteiger charge is 2.25. The molecule has 0 radical (unpaired) electrons. The fourth-order valence-corrected chi connectivity index (χ4v) is 4.34. The number of carbonyl (C=O) groups is 1. The van der Waals surface area contributed by atoms with Crippen LogP contribution in [0.15, 0.2) is 24.3 Å². The van der Waals surface area contributed by atoms with Gasteiger partial charge in [0.2, 0.25) is 5.91 Å². The molecule has 0 saturated heterocycles. The Bertz CT molecular complexity index is 635. The fraction of sp³-hybridized carbons (Fsp3) is 0.267. The molecule has 0 heterocycles. The van der Waals surface area contributed by atoms with Crippen molar-refractivity contribution in [3.63, 3.8) is 0 Å². The molecule has 98 valence electrons. The van der Waals surface area contributed by atoms with Crippen molar-refractivity contribution in [1.82, 2.24) is 0 Å². The molecule has 0 aromatic heterocycles. The van der Waals surface area contributed by atoms with Gasteiger partial charge < -0.3 is 5.73 Å². The first-order valence-corrected chi connectivity index (χ1v) is 8.39. The molecule has 0 saturated carbocycles. The van der Waals surface area contributed by atoms with Crippen LogP contribution in [0.4, 0.5) is 0 Å². The summed E-state index contributed by atoms with van der Waals surface area (Å²) in [5.41, 5.74) is 8.16. The van der Waals surface area contributed by atoms with E-state index < -0.39 is 0 Å². The molecule has 0 atom stereocenters. The number of hydrogen-bond donors (Lipinski definition) is 1. The number of rotatable bonds is 2. The first kappa shape index (κ1) is 13.6. The predicted octanol–water partition coefficient (Wildman–Crippen LogP) is 3.64. The molecule has 0 aliphatic heterocycles. The molecule has 1 aliphatic carbocycles. The van der Waals surface area contributed by atoms with E-state index in [1.807, 2.05) is 0 Å². The summed E-state index contributed by atoms with van der Waals surface area (Å²) in [4.78, 5) is 11.2. The maximum absolute atomic E-state index is 11.2. The van der Waals surface area contributed by atoms with Gasteiger partial charge in [-0.1, -0.05) is 12.1 Å². The summed E-state index contributed by atoms with van der Waals surface area (Å²) in [5.74, 6) is 0.154. The Hall–Kier alpha value is -0.370. The van der Waals surface area contributed by atoms with Crippen molar-refractivity contribution in [2.75, 3.05) is 0 Å². The van der Waals surface area contributed by atoms with Gasteiger partial charge >= 0.3 is 0 Å². The van der Waals surface area contributed by atoms with Gasteiger partial charge in [0, 0.05) is 13.6 Å². The summed E-state index contributed by atoms with van der Waals surface area (Å²) in [7, 11) is 0. The highest BCUT2D eigenvalue weighted by atomic mass is 127. The molecule has 0 unspecified atom stereocenters. The standard InChI is InChI=1S/C15H13I2NO/c16-12-3-1-9-2-4-13(17)11-6-8(7-14(18)19)5-10(12)15(9)11/h1-4,8H,5-7H2,(H2,18,19). The van der Waals surface area contributed by atoms with E-state index in [9.17, 15) is 4.79 Å². The van der Waals surface area contributed by atoms with Crippen molar-refractivity contribution in [2.24, 2.45) is 11.7 Å². The first-order valence-electron chi connectivity index (χ1n) is 6.23. The third kappa shape index (κ3) is 2.49. The second-order valence-electron chi connectivity index (χ2n) is 5.09. The van der Waals surface area contributed by atoms with Gasteiger partial charge in [-0.2, -0.15) is 0 Å². The van der Waals surface area contributed by atoms with Crippen molar-refractivity contribution in [2.45, 2.75) is 19.3 Å². The summed E-state index contributed by atoms with van der Waals surface area (Å²) in [6, 6.07) is 8.71. The van der Waals surface area contributed by atoms with Crippen molar-refractivity contribution < 1.29 is 4.79 Å². The third-order valence-corrected chi connectivity index (χ3v) is 5.78. The van der Waals surface area contributed by atoms with Crippen LogP contribution < -0.4 is 5.73 Å². The van der Waals surface area contributed by atoms with Crippen LogP contribution in [0.1, 0.15) is 17.5 Å². The Labute approximate surface area is 139 Å². The van der Waals surface area contributed by atoms with Crippen LogP contribution >= 0.6 is 45.2 Å². The van der Waals surface area contributed by atoms with Crippen LogP contribution in [0.5, 0.6) is 0 Å². The second kappa shape index (κ2) is 5.20. The highest BCUT2D eigenvalue weighted by Crippen LogP contribution is 2.38. The Morgan fingerprint density at radius 2 is 1.63 bits per heavy atom. The van der Waals surface area contributed by atoms with E-state index in [0.29, 0.717) is 12.3 Å². The number of primary amides is 1. The minimum Gasteiger partial charge on any atom is -0.370 e. The predicted molar refractivity (Wildman–Crippen MR) is 94.1 cm³/mol. The third-order valence-electron chi connectivity index (χ3n) is 3.76. The number of amides is 1. The van der Waals surface area contributed by atoms with Gasteiger partial charge in [0.15, 0.2) is 0 Å². The molecule has 19 heavy (non-hydrogen) atoms. The highest BCUT2D eigenvalue weighted by molar-refractivity contribution is 14.1. The van der Waals surface area contributed by atoms with Crippen LogP contribution in [0.25, 0.3) is 10.8 Å². The fourth-order valence-electron chi connectivity index (χ4n) is 3.00. The molecule has 1 aliphatic rings. The molecule has 0 fully saturated rings. The van der Waals surface area contributed by atoms with Gasteiger partial charge in [-0.05, 0) is 98.0 Å². The Balaban J connectivity index is 2.19. The lowest BCUT2D eigenvalue weighted by Gasteiger charge is -2.26. The summed E-state index contributed by atoms with van der Waals surface area (Å²) in [5, 5.41) is 2.71. The van der Waals surface area contributed by atoms with Crippen molar-refractivity contribution >= 4 is 61.9 Å². The molecule has 0 spiro atoms. The smallest absolute Gasteiger partial charge is 0.217 e. The summed E-state index contributed by atoms with van der Waals surface area (Å²) >= 11 is 4.79. The molecule has 2 N–H and O–H groups in total. The van der Waals surface area contributed by atoms with Crippen LogP contribution in [0.3, 0.4) is 0 Å². The Morgan fingerprint density at radius 1 is 1.11 bits per heavy atom. The van der Waals surface area contributed by atoms with Crippen molar-refractivity contribution in [3.8, 4) is 0 Å². The van der Waals surface area contributed by atoms with E-state index >= 15 is 0 Å². The Morgan fingerprint density at radius 3 is 2.11 bits per heavy atom. The molecule has 0 bridgehead atoms. The van der Waals surface area contributed by atoms with E-state index in [2.05, 4.69) is 69.4 Å². The van der Waals surface area contributed by atoms with Gasteiger partial charge in [-0.15, -0.1) is 0 Å². The van der Waals surface area contributed by atoms with Crippen LogP contribution in [-0.2, 0) is 17.6 Å². The second-order valence-corrected chi connectivity index (χ2v) is 7.42. The summed E-state index contributed by atoms with van der Waals surface area (Å²) in [6.45, 7) is 0. The van der Waals surface area contributed by atoms with Crippen molar-refractivity contribution in [1.29, 1.82) is 0 Å². The summed E-state index contributed by atoms with van der Waals surface area (Å²) < 4.78 is 2.59. The Kier molecular flexibility index (Phi) is 3.72. The van der Waals surface area contributed by atoms with E-state index in [0.717, 1.165) is 12.8 Å². The van der Waals surface area contributed by atoms with Gasteiger partial charge in [-0.25, -0.2) is 0 Å². The van der Waals surface area contributed by atoms with E-state index in [1.165, 1.54) is 29.0 Å². The van der Waals surface area contributed by atoms with E-state index in [4.69, 9.17) is 5.73 Å². The monoisotopic (exact) mass is 477 g/mol. The molecule has 1 amide bonds. The molecule has 3 rings (SSSR count). The number of halogens is 2. The number of carbonyl (C=O) groups excluding carboxylic acids is 1. The number of benzene rings is 2. The zero-order chi connectivity index (χ0) is 13.6. The van der Waals surface area contributed by atoms with E-state index in [-0.39, 0.29) is 5.91 Å². The van der Waals surface area contributed by atoms with Gasteiger partial charge in [0.25, 0.3) is 0 Å². The largest absolute Gasteiger partial charge is 0.370 e. The molecule has 2 nitrogen and oxygen atoms in total. The molecule has 2 aromatic carbocycles. The van der Waals surface area contributed by atoms with Crippen LogP contribution in [-0.4, -0.2) is 5.91 Å². The minimum atomic E-state index is -0.193. The zero-order valence-corrected chi connectivity index (χ0v) is 14.6. The minimum absolute atomic E-state index is 0.193. The molecule has 2 aromatic rings. The topological polar surface area (TPSA) is 43.1 Å². The van der Waals surface area contributed by atoms with Gasteiger partial charge in [0.1, 0.15) is 0 Å². The van der Waals surface area contributed by atoms with Crippen LogP contribution in [0.2, 0.25) is 0 Å². The SMILES string of the molecule is NC(=O)CC1Cc2c(I)ccc3ccc(I)c(c23)C1. The number of hydrogen-bond acceptors (Lipinski definition) is 1. The maximum atomic E-state index is 11.2. The molecular formula is C15H13I2NO. The normalized spacial score (nSPS) is 14.8. The average Bonchev–Trinajstić information content (AvgIpc) is 2.36. The molecule has 4 heteroatoms. The van der Waals surface area contributed by atoms with E-state index in [1.54, 1.807) is 0 Å². The van der Waals surface area contributed by atoms with Crippen LogP contribution in [0, 0.1) is 13.1 Å².